The van der Waals surface area contributed by atoms with Gasteiger partial charge in [-0.05, 0) is 41.5 Å². The van der Waals surface area contributed by atoms with E-state index in [4.69, 9.17) is 4.84 Å². The molecule has 1 N–H and O–H groups in total. The monoisotopic (exact) mass is 592 g/mol. The van der Waals surface area contributed by atoms with Gasteiger partial charge in [-0.3, -0.25) is 9.69 Å². The Labute approximate surface area is 254 Å². The summed E-state index contributed by atoms with van der Waals surface area (Å²) in [6, 6.07) is 27.2. The first kappa shape index (κ1) is 29.1. The summed E-state index contributed by atoms with van der Waals surface area (Å²) in [5.41, 5.74) is 2.71. The van der Waals surface area contributed by atoms with E-state index in [-0.39, 0.29) is 10.9 Å². The summed E-state index contributed by atoms with van der Waals surface area (Å²) in [7, 11) is 0. The van der Waals surface area contributed by atoms with Gasteiger partial charge in [0.2, 0.25) is 5.43 Å². The van der Waals surface area contributed by atoms with Gasteiger partial charge in [0.25, 0.3) is 0 Å². The average Bonchev–Trinajstić information content (AvgIpc) is 3.05. The minimum Gasteiger partial charge on any atom is -0.477 e. The predicted molar refractivity (Wildman–Crippen MR) is 171 cm³/mol. The van der Waals surface area contributed by atoms with Crippen molar-refractivity contribution in [3.05, 3.63) is 124 Å². The second-order valence-corrected chi connectivity index (χ2v) is 10.9. The Morgan fingerprint density at radius 3 is 2.39 bits per heavy atom. The number of piperazine rings is 1. The van der Waals surface area contributed by atoms with E-state index >= 15 is 4.39 Å². The Balaban J connectivity index is 1.21. The van der Waals surface area contributed by atoms with Gasteiger partial charge < -0.3 is 19.4 Å². The van der Waals surface area contributed by atoms with E-state index in [0.717, 1.165) is 27.6 Å². The third kappa shape index (κ3) is 6.05. The lowest BCUT2D eigenvalue weighted by molar-refractivity contribution is 0.0695. The van der Waals surface area contributed by atoms with Crippen LogP contribution in [0.25, 0.3) is 21.7 Å². The first-order valence-corrected chi connectivity index (χ1v) is 14.7. The van der Waals surface area contributed by atoms with Gasteiger partial charge in [-0.25, -0.2) is 9.18 Å². The van der Waals surface area contributed by atoms with Crippen LogP contribution in [0.1, 0.15) is 28.4 Å². The number of aromatic carboxylic acids is 1. The van der Waals surface area contributed by atoms with Crippen molar-refractivity contribution in [1.29, 1.82) is 0 Å². The molecule has 0 radical (unpaired) electrons. The zero-order valence-electron chi connectivity index (χ0n) is 24.4. The summed E-state index contributed by atoms with van der Waals surface area (Å²) in [6.45, 7) is 5.71. The number of rotatable bonds is 9. The Morgan fingerprint density at radius 1 is 0.932 bits per heavy atom. The van der Waals surface area contributed by atoms with E-state index < -0.39 is 17.2 Å². The molecule has 1 aliphatic heterocycles. The predicted octanol–water partition coefficient (Wildman–Crippen LogP) is 5.76. The summed E-state index contributed by atoms with van der Waals surface area (Å²) in [5.74, 6) is -1.86. The van der Waals surface area contributed by atoms with Crippen molar-refractivity contribution in [2.75, 3.05) is 37.6 Å². The third-order valence-corrected chi connectivity index (χ3v) is 8.14. The number of fused-ring (bicyclic) bond motifs is 2. The molecule has 44 heavy (non-hydrogen) atoms. The number of hydrogen-bond donors (Lipinski definition) is 1. The molecule has 0 unspecified atom stereocenters. The molecule has 4 aromatic carbocycles. The van der Waals surface area contributed by atoms with Gasteiger partial charge in [-0.2, -0.15) is 0 Å². The van der Waals surface area contributed by atoms with E-state index in [2.05, 4.69) is 40.4 Å². The number of carboxylic acid groups (broad SMARTS) is 1. The largest absolute Gasteiger partial charge is 0.477 e. The maximum Gasteiger partial charge on any atom is 0.341 e. The lowest BCUT2D eigenvalue weighted by Gasteiger charge is -2.36. The van der Waals surface area contributed by atoms with Gasteiger partial charge in [-0.15, -0.1) is 0 Å². The smallest absolute Gasteiger partial charge is 0.341 e. The number of pyridine rings is 1. The molecule has 0 bridgehead atoms. The molecule has 1 aliphatic rings. The number of halogens is 1. The molecule has 6 rings (SSSR count). The summed E-state index contributed by atoms with van der Waals surface area (Å²) in [4.78, 5) is 34.4. The van der Waals surface area contributed by atoms with Crippen LogP contribution in [0.4, 0.5) is 10.1 Å². The molecule has 2 heterocycles. The van der Waals surface area contributed by atoms with E-state index in [0.29, 0.717) is 57.1 Å². The number of carbonyl (C=O) groups is 1. The van der Waals surface area contributed by atoms with Crippen molar-refractivity contribution in [2.24, 2.45) is 5.16 Å². The number of hydrogen-bond acceptors (Lipinski definition) is 6. The van der Waals surface area contributed by atoms with Crippen LogP contribution in [0.5, 0.6) is 0 Å². The van der Waals surface area contributed by atoms with E-state index in [9.17, 15) is 14.7 Å². The lowest BCUT2D eigenvalue weighted by atomic mass is 10.0. The van der Waals surface area contributed by atoms with Crippen molar-refractivity contribution < 1.29 is 19.1 Å². The maximum atomic E-state index is 15.4. The molecule has 0 aliphatic carbocycles. The molecule has 0 amide bonds. The molecule has 9 heteroatoms. The Bertz CT molecular complexity index is 1910. The van der Waals surface area contributed by atoms with Crippen LogP contribution in [0.2, 0.25) is 0 Å². The van der Waals surface area contributed by atoms with Crippen LogP contribution >= 0.6 is 0 Å². The first-order chi connectivity index (χ1) is 21.4. The summed E-state index contributed by atoms with van der Waals surface area (Å²) in [6.07, 6.45) is 1.33. The van der Waals surface area contributed by atoms with Crippen molar-refractivity contribution in [1.82, 2.24) is 9.47 Å². The zero-order valence-corrected chi connectivity index (χ0v) is 24.4. The highest BCUT2D eigenvalue weighted by Crippen LogP contribution is 2.27. The van der Waals surface area contributed by atoms with Crippen LogP contribution in [0, 0.1) is 5.82 Å². The number of aromatic nitrogens is 1. The number of oxime groups is 1. The Kier molecular flexibility index (Phi) is 8.38. The van der Waals surface area contributed by atoms with Crippen LogP contribution in [-0.2, 0) is 18.0 Å². The van der Waals surface area contributed by atoms with Crippen LogP contribution < -0.4 is 10.3 Å². The molecule has 5 aromatic rings. The fourth-order valence-electron chi connectivity index (χ4n) is 5.72. The number of anilines is 1. The van der Waals surface area contributed by atoms with Crippen LogP contribution in [0.3, 0.4) is 0 Å². The molecule has 0 atom stereocenters. The first-order valence-electron chi connectivity index (χ1n) is 14.7. The van der Waals surface area contributed by atoms with Crippen molar-refractivity contribution in [3.8, 4) is 0 Å². The minimum atomic E-state index is -1.32. The number of nitrogens with zero attached hydrogens (tertiary/aromatic N) is 4. The number of aryl methyl sites for hydroxylation is 1. The van der Waals surface area contributed by atoms with Crippen LogP contribution in [-0.4, -0.2) is 59.0 Å². The second kappa shape index (κ2) is 12.7. The molecular weight excluding hydrogens is 559 g/mol. The SMILES string of the molecule is CCn1cc(C(=O)O)c(=O)c2cc(F)c(N3CCN(CC(=NOCc4ccccc4)c4ccc5ccccc5c4)CC3)cc21. The van der Waals surface area contributed by atoms with Gasteiger partial charge in [0, 0.05) is 56.4 Å². The second-order valence-electron chi connectivity index (χ2n) is 10.9. The fraction of sp³-hybridized carbons (Fsp3) is 0.229. The molecular formula is C35H33FN4O4. The van der Waals surface area contributed by atoms with Gasteiger partial charge >= 0.3 is 5.97 Å². The molecule has 1 fully saturated rings. The van der Waals surface area contributed by atoms with E-state index in [1.807, 2.05) is 54.3 Å². The normalized spacial score (nSPS) is 14.3. The molecule has 224 valence electrons. The van der Waals surface area contributed by atoms with Crippen molar-refractivity contribution in [3.63, 3.8) is 0 Å². The highest BCUT2D eigenvalue weighted by Gasteiger charge is 2.24. The summed E-state index contributed by atoms with van der Waals surface area (Å²) < 4.78 is 17.1. The minimum absolute atomic E-state index is 0.0679. The number of benzene rings is 4. The molecule has 1 saturated heterocycles. The standard InChI is InChI=1S/C35H33FN4O4/c1-2-39-21-29(35(42)43)34(41)28-19-30(36)33(20-32(28)39)40-16-14-38(15-17-40)22-31(37-44-23-24-8-4-3-5-9-24)27-13-12-25-10-6-7-11-26(25)18-27/h3-13,18-21H,2,14-17,22-23H2,1H3,(H,42,43). The maximum absolute atomic E-state index is 15.4. The lowest BCUT2D eigenvalue weighted by Crippen LogP contribution is -2.48. The Hall–Kier alpha value is -5.02. The van der Waals surface area contributed by atoms with Crippen molar-refractivity contribution >= 4 is 39.0 Å². The highest BCUT2D eigenvalue weighted by atomic mass is 19.1. The average molecular weight is 593 g/mol. The zero-order chi connectivity index (χ0) is 30.6. The molecule has 0 saturated carbocycles. The van der Waals surface area contributed by atoms with Gasteiger partial charge in [-0.1, -0.05) is 71.9 Å². The topological polar surface area (TPSA) is 87.4 Å². The molecule has 0 spiro atoms. The fourth-order valence-corrected chi connectivity index (χ4v) is 5.72. The third-order valence-electron chi connectivity index (χ3n) is 8.14. The number of carboxylic acids is 1. The van der Waals surface area contributed by atoms with Gasteiger partial charge in [0.05, 0.1) is 11.2 Å². The van der Waals surface area contributed by atoms with Gasteiger partial charge in [0.15, 0.2) is 0 Å². The van der Waals surface area contributed by atoms with Crippen LogP contribution in [0.15, 0.2) is 101 Å². The highest BCUT2D eigenvalue weighted by molar-refractivity contribution is 6.04. The molecule has 1 aromatic heterocycles. The molecule has 8 nitrogen and oxygen atoms in total. The van der Waals surface area contributed by atoms with Gasteiger partial charge in [0.1, 0.15) is 23.7 Å². The quantitative estimate of drug-likeness (QED) is 0.173. The summed E-state index contributed by atoms with van der Waals surface area (Å²) >= 11 is 0. The van der Waals surface area contributed by atoms with E-state index in [1.165, 1.54) is 12.3 Å². The summed E-state index contributed by atoms with van der Waals surface area (Å²) in [5, 5.41) is 16.4. The van der Waals surface area contributed by atoms with E-state index in [1.54, 1.807) is 10.6 Å². The Morgan fingerprint density at radius 2 is 1.66 bits per heavy atom. The van der Waals surface area contributed by atoms with Crippen molar-refractivity contribution in [2.45, 2.75) is 20.1 Å².